The summed E-state index contributed by atoms with van der Waals surface area (Å²) in [4.78, 5) is 2.06. The lowest BCUT2D eigenvalue weighted by Crippen LogP contribution is -2.10. The second-order valence-electron chi connectivity index (χ2n) is 7.72. The standard InChI is InChI=1S/C21H25N5S/c1-21(2,3)17-10-8-16(9-11-17)19-23-24-20(27)26(19)22-14-15-6-12-18(13-7-15)25(4)5/h6-14H,1-5H3,(H,24,27)/b22-14+. The molecule has 3 rings (SSSR count). The predicted octanol–water partition coefficient (Wildman–Crippen LogP) is 4.85. The Morgan fingerprint density at radius 1 is 1.04 bits per heavy atom. The summed E-state index contributed by atoms with van der Waals surface area (Å²) in [6, 6.07) is 16.5. The molecule has 0 aliphatic rings. The second-order valence-corrected chi connectivity index (χ2v) is 8.11. The minimum Gasteiger partial charge on any atom is -0.378 e. The summed E-state index contributed by atoms with van der Waals surface area (Å²) in [6.45, 7) is 6.60. The van der Waals surface area contributed by atoms with Crippen LogP contribution in [0.4, 0.5) is 5.69 Å². The van der Waals surface area contributed by atoms with Gasteiger partial charge in [-0.25, -0.2) is 5.10 Å². The van der Waals surface area contributed by atoms with Crippen molar-refractivity contribution in [3.05, 3.63) is 64.4 Å². The molecule has 2 aromatic carbocycles. The summed E-state index contributed by atoms with van der Waals surface area (Å²) in [5, 5.41) is 11.7. The van der Waals surface area contributed by atoms with Gasteiger partial charge in [0.25, 0.3) is 0 Å². The van der Waals surface area contributed by atoms with Gasteiger partial charge in [0.15, 0.2) is 5.82 Å². The van der Waals surface area contributed by atoms with Crippen LogP contribution < -0.4 is 4.90 Å². The van der Waals surface area contributed by atoms with Gasteiger partial charge in [-0.3, -0.25) is 0 Å². The highest BCUT2D eigenvalue weighted by Gasteiger charge is 2.14. The van der Waals surface area contributed by atoms with Gasteiger partial charge in [-0.05, 0) is 40.9 Å². The van der Waals surface area contributed by atoms with Gasteiger partial charge in [-0.1, -0.05) is 57.2 Å². The molecule has 0 radical (unpaired) electrons. The van der Waals surface area contributed by atoms with E-state index in [1.807, 2.05) is 26.2 Å². The number of benzene rings is 2. The largest absolute Gasteiger partial charge is 0.378 e. The average molecular weight is 380 g/mol. The fourth-order valence-electron chi connectivity index (χ4n) is 2.69. The van der Waals surface area contributed by atoms with Crippen LogP contribution in [0.1, 0.15) is 31.9 Å². The number of nitrogens with zero attached hydrogens (tertiary/aromatic N) is 4. The summed E-state index contributed by atoms with van der Waals surface area (Å²) >= 11 is 5.35. The van der Waals surface area contributed by atoms with Crippen molar-refractivity contribution < 1.29 is 0 Å². The summed E-state index contributed by atoms with van der Waals surface area (Å²) in [7, 11) is 4.04. The highest BCUT2D eigenvalue weighted by atomic mass is 32.1. The van der Waals surface area contributed by atoms with E-state index < -0.39 is 0 Å². The van der Waals surface area contributed by atoms with Crippen molar-refractivity contribution >= 4 is 24.1 Å². The molecule has 0 spiro atoms. The summed E-state index contributed by atoms with van der Waals surface area (Å²) in [5.41, 5.74) is 4.50. The number of nitrogens with one attached hydrogen (secondary N) is 1. The van der Waals surface area contributed by atoms with Crippen LogP contribution in [0.3, 0.4) is 0 Å². The number of rotatable bonds is 4. The maximum atomic E-state index is 5.35. The van der Waals surface area contributed by atoms with Crippen LogP contribution in [0.5, 0.6) is 0 Å². The Hall–Kier alpha value is -2.73. The lowest BCUT2D eigenvalue weighted by Gasteiger charge is -2.18. The van der Waals surface area contributed by atoms with E-state index in [0.717, 1.165) is 16.8 Å². The van der Waals surface area contributed by atoms with Crippen LogP contribution >= 0.6 is 12.2 Å². The molecule has 27 heavy (non-hydrogen) atoms. The van der Waals surface area contributed by atoms with E-state index in [0.29, 0.717) is 10.6 Å². The fourth-order valence-corrected chi connectivity index (χ4v) is 2.87. The molecule has 0 unspecified atom stereocenters. The molecule has 3 aromatic rings. The monoisotopic (exact) mass is 379 g/mol. The third-order valence-corrected chi connectivity index (χ3v) is 4.66. The van der Waals surface area contributed by atoms with Crippen LogP contribution in [-0.2, 0) is 5.41 Å². The topological polar surface area (TPSA) is 49.2 Å². The fraction of sp³-hybridized carbons (Fsp3) is 0.286. The van der Waals surface area contributed by atoms with Crippen molar-refractivity contribution in [3.63, 3.8) is 0 Å². The number of H-pyrrole nitrogens is 1. The summed E-state index contributed by atoms with van der Waals surface area (Å²) < 4.78 is 2.12. The molecule has 1 N–H and O–H groups in total. The Morgan fingerprint density at radius 3 is 2.22 bits per heavy atom. The molecule has 0 fully saturated rings. The predicted molar refractivity (Wildman–Crippen MR) is 115 cm³/mol. The minimum atomic E-state index is 0.111. The Morgan fingerprint density at radius 2 is 1.67 bits per heavy atom. The van der Waals surface area contributed by atoms with E-state index >= 15 is 0 Å². The Kier molecular flexibility index (Phi) is 5.28. The maximum Gasteiger partial charge on any atom is 0.216 e. The SMILES string of the molecule is CN(C)c1ccc(/C=N/n2c(-c3ccc(C(C)(C)C)cc3)n[nH]c2=S)cc1. The average Bonchev–Trinajstić information content (AvgIpc) is 3.00. The van der Waals surface area contributed by atoms with Crippen molar-refractivity contribution in [2.75, 3.05) is 19.0 Å². The molecular weight excluding hydrogens is 354 g/mol. The highest BCUT2D eigenvalue weighted by Crippen LogP contribution is 2.25. The lowest BCUT2D eigenvalue weighted by molar-refractivity contribution is 0.590. The van der Waals surface area contributed by atoms with Gasteiger partial charge in [0, 0.05) is 25.3 Å². The zero-order valence-electron chi connectivity index (χ0n) is 16.4. The molecule has 0 saturated carbocycles. The Bertz CT molecular complexity index is 987. The van der Waals surface area contributed by atoms with Crippen molar-refractivity contribution in [2.45, 2.75) is 26.2 Å². The number of aromatic nitrogens is 3. The van der Waals surface area contributed by atoms with E-state index in [4.69, 9.17) is 12.2 Å². The first-order valence-electron chi connectivity index (χ1n) is 8.86. The molecule has 0 aliphatic carbocycles. The molecule has 0 bridgehead atoms. The van der Waals surface area contributed by atoms with Crippen LogP contribution in [-0.4, -0.2) is 35.2 Å². The quantitative estimate of drug-likeness (QED) is 0.520. The van der Waals surface area contributed by atoms with Gasteiger partial charge in [0.05, 0.1) is 6.21 Å². The van der Waals surface area contributed by atoms with Crippen LogP contribution in [0, 0.1) is 4.77 Å². The van der Waals surface area contributed by atoms with E-state index in [-0.39, 0.29) is 5.41 Å². The Labute approximate surface area is 165 Å². The minimum absolute atomic E-state index is 0.111. The highest BCUT2D eigenvalue weighted by molar-refractivity contribution is 7.71. The third-order valence-electron chi connectivity index (χ3n) is 4.39. The molecule has 0 atom stereocenters. The van der Waals surface area contributed by atoms with Crippen LogP contribution in [0.2, 0.25) is 0 Å². The maximum absolute atomic E-state index is 5.35. The van der Waals surface area contributed by atoms with E-state index in [1.165, 1.54) is 5.56 Å². The van der Waals surface area contributed by atoms with Crippen LogP contribution in [0.25, 0.3) is 11.4 Å². The number of anilines is 1. The first-order chi connectivity index (χ1) is 12.8. The molecule has 6 heteroatoms. The molecule has 1 aromatic heterocycles. The Balaban J connectivity index is 1.90. The van der Waals surface area contributed by atoms with Crippen molar-refractivity contribution in [2.24, 2.45) is 5.10 Å². The van der Waals surface area contributed by atoms with Gasteiger partial charge in [0.2, 0.25) is 4.77 Å². The molecule has 5 nitrogen and oxygen atoms in total. The van der Waals surface area contributed by atoms with Crippen molar-refractivity contribution in [1.82, 2.24) is 14.9 Å². The van der Waals surface area contributed by atoms with Crippen molar-refractivity contribution in [3.8, 4) is 11.4 Å². The summed E-state index contributed by atoms with van der Waals surface area (Å²) in [5.74, 6) is 0.696. The molecule has 0 saturated heterocycles. The number of aromatic amines is 1. The first-order valence-corrected chi connectivity index (χ1v) is 9.26. The van der Waals surface area contributed by atoms with Gasteiger partial charge in [-0.2, -0.15) is 14.9 Å². The van der Waals surface area contributed by atoms with Crippen LogP contribution in [0.15, 0.2) is 53.6 Å². The van der Waals surface area contributed by atoms with Gasteiger partial charge < -0.3 is 4.90 Å². The molecule has 0 amide bonds. The zero-order valence-corrected chi connectivity index (χ0v) is 17.2. The third kappa shape index (κ3) is 4.34. The van der Waals surface area contributed by atoms with E-state index in [2.05, 4.69) is 77.4 Å². The lowest BCUT2D eigenvalue weighted by atomic mass is 9.87. The normalized spacial score (nSPS) is 11.9. The smallest absolute Gasteiger partial charge is 0.216 e. The molecular formula is C21H25N5S. The number of hydrogen-bond acceptors (Lipinski definition) is 4. The molecule has 0 aliphatic heterocycles. The first kappa shape index (κ1) is 19.0. The van der Waals surface area contributed by atoms with Gasteiger partial charge in [0.1, 0.15) is 0 Å². The molecule has 1 heterocycles. The second kappa shape index (κ2) is 7.48. The van der Waals surface area contributed by atoms with E-state index in [1.54, 1.807) is 10.9 Å². The zero-order chi connectivity index (χ0) is 19.6. The van der Waals surface area contributed by atoms with Gasteiger partial charge >= 0.3 is 0 Å². The van der Waals surface area contributed by atoms with Gasteiger partial charge in [-0.15, -0.1) is 0 Å². The van der Waals surface area contributed by atoms with E-state index in [9.17, 15) is 0 Å². The number of hydrogen-bond donors (Lipinski definition) is 1. The molecule has 140 valence electrons. The van der Waals surface area contributed by atoms with Crippen molar-refractivity contribution in [1.29, 1.82) is 0 Å². The summed E-state index contributed by atoms with van der Waals surface area (Å²) in [6.07, 6.45) is 1.79.